The van der Waals surface area contributed by atoms with Crippen molar-refractivity contribution in [1.82, 2.24) is 5.32 Å². The summed E-state index contributed by atoms with van der Waals surface area (Å²) in [6.07, 6.45) is 2.74. The number of carbonyl (C=O) groups excluding carboxylic acids is 1. The monoisotopic (exact) mass is 311 g/mol. The Kier molecular flexibility index (Phi) is 7.02. The van der Waals surface area contributed by atoms with Gasteiger partial charge in [0.1, 0.15) is 0 Å². The highest BCUT2D eigenvalue weighted by Gasteiger charge is 2.15. The van der Waals surface area contributed by atoms with Crippen molar-refractivity contribution in [3.8, 4) is 0 Å². The highest BCUT2D eigenvalue weighted by molar-refractivity contribution is 9.09. The van der Waals surface area contributed by atoms with Gasteiger partial charge < -0.3 is 5.32 Å². The molecule has 0 aliphatic heterocycles. The standard InChI is InChI=1S/C15H22BrNO/c1-3-13(4-2)14(16)11-17-15(18)10-12-8-6-5-7-9-12/h5-9,13-14H,3-4,10-11H2,1-2H3,(H,17,18). The summed E-state index contributed by atoms with van der Waals surface area (Å²) < 4.78 is 0. The highest BCUT2D eigenvalue weighted by atomic mass is 79.9. The van der Waals surface area contributed by atoms with Crippen molar-refractivity contribution in [3.05, 3.63) is 35.9 Å². The second-order valence-electron chi connectivity index (χ2n) is 4.56. The van der Waals surface area contributed by atoms with Crippen LogP contribution in [0.3, 0.4) is 0 Å². The average Bonchev–Trinajstić information content (AvgIpc) is 2.39. The number of hydrogen-bond acceptors (Lipinski definition) is 1. The van der Waals surface area contributed by atoms with E-state index in [0.717, 1.165) is 18.4 Å². The number of carbonyl (C=O) groups is 1. The summed E-state index contributed by atoms with van der Waals surface area (Å²) in [6, 6.07) is 9.83. The smallest absolute Gasteiger partial charge is 0.224 e. The first-order valence-electron chi connectivity index (χ1n) is 6.62. The molecule has 0 aliphatic carbocycles. The Labute approximate surface area is 118 Å². The van der Waals surface area contributed by atoms with E-state index in [1.165, 1.54) is 0 Å². The maximum atomic E-state index is 11.8. The van der Waals surface area contributed by atoms with Gasteiger partial charge in [0.25, 0.3) is 0 Å². The Morgan fingerprint density at radius 2 is 1.83 bits per heavy atom. The van der Waals surface area contributed by atoms with E-state index < -0.39 is 0 Å². The van der Waals surface area contributed by atoms with Crippen LogP contribution < -0.4 is 5.32 Å². The summed E-state index contributed by atoms with van der Waals surface area (Å²) in [5, 5.41) is 2.99. The first-order valence-corrected chi connectivity index (χ1v) is 7.53. The van der Waals surface area contributed by atoms with E-state index in [1.54, 1.807) is 0 Å². The molecule has 1 unspecified atom stereocenters. The van der Waals surface area contributed by atoms with Gasteiger partial charge in [-0.15, -0.1) is 0 Å². The lowest BCUT2D eigenvalue weighted by molar-refractivity contribution is -0.120. The van der Waals surface area contributed by atoms with Gasteiger partial charge in [0.05, 0.1) is 6.42 Å². The maximum absolute atomic E-state index is 11.8. The van der Waals surface area contributed by atoms with Crippen molar-refractivity contribution in [2.45, 2.75) is 37.9 Å². The summed E-state index contributed by atoms with van der Waals surface area (Å²) >= 11 is 3.66. The topological polar surface area (TPSA) is 29.1 Å². The minimum absolute atomic E-state index is 0.0941. The summed E-state index contributed by atoms with van der Waals surface area (Å²) in [6.45, 7) is 5.08. The Bertz CT molecular complexity index is 349. The van der Waals surface area contributed by atoms with E-state index in [9.17, 15) is 4.79 Å². The minimum atomic E-state index is 0.0941. The third-order valence-corrected chi connectivity index (χ3v) is 4.33. The van der Waals surface area contributed by atoms with E-state index in [1.807, 2.05) is 30.3 Å². The SMILES string of the molecule is CCC(CC)C(Br)CNC(=O)Cc1ccccc1. The van der Waals surface area contributed by atoms with Crippen molar-refractivity contribution >= 4 is 21.8 Å². The van der Waals surface area contributed by atoms with Gasteiger partial charge in [0.2, 0.25) is 5.91 Å². The number of rotatable bonds is 7. The van der Waals surface area contributed by atoms with Crippen molar-refractivity contribution < 1.29 is 4.79 Å². The van der Waals surface area contributed by atoms with Gasteiger partial charge in [0.15, 0.2) is 0 Å². The Morgan fingerprint density at radius 3 is 2.39 bits per heavy atom. The van der Waals surface area contributed by atoms with E-state index in [-0.39, 0.29) is 5.91 Å². The first-order chi connectivity index (χ1) is 8.67. The molecule has 18 heavy (non-hydrogen) atoms. The summed E-state index contributed by atoms with van der Waals surface area (Å²) in [7, 11) is 0. The molecule has 0 aliphatic rings. The predicted molar refractivity (Wildman–Crippen MR) is 79.9 cm³/mol. The number of hydrogen-bond donors (Lipinski definition) is 1. The van der Waals surface area contributed by atoms with Crippen LogP contribution in [0.2, 0.25) is 0 Å². The zero-order valence-corrected chi connectivity index (χ0v) is 12.7. The Balaban J connectivity index is 2.33. The zero-order chi connectivity index (χ0) is 13.4. The van der Waals surface area contributed by atoms with Gasteiger partial charge in [-0.3, -0.25) is 4.79 Å². The predicted octanol–water partition coefficient (Wildman–Crippen LogP) is 3.55. The number of alkyl halides is 1. The van der Waals surface area contributed by atoms with Gasteiger partial charge in [-0.05, 0) is 11.5 Å². The average molecular weight is 312 g/mol. The lowest BCUT2D eigenvalue weighted by Crippen LogP contribution is -2.33. The molecule has 1 N–H and O–H groups in total. The molecule has 0 saturated carbocycles. The normalized spacial score (nSPS) is 12.4. The third kappa shape index (κ3) is 5.21. The van der Waals surface area contributed by atoms with Gasteiger partial charge in [-0.25, -0.2) is 0 Å². The molecule has 0 radical (unpaired) electrons. The summed E-state index contributed by atoms with van der Waals surface area (Å²) in [4.78, 5) is 12.2. The number of benzene rings is 1. The van der Waals surface area contributed by atoms with Crippen LogP contribution in [-0.2, 0) is 11.2 Å². The van der Waals surface area contributed by atoms with Crippen molar-refractivity contribution in [3.63, 3.8) is 0 Å². The molecule has 0 heterocycles. The van der Waals surface area contributed by atoms with Crippen LogP contribution in [-0.4, -0.2) is 17.3 Å². The molecular formula is C15H22BrNO. The molecule has 0 bridgehead atoms. The zero-order valence-electron chi connectivity index (χ0n) is 11.2. The molecule has 1 aromatic carbocycles. The minimum Gasteiger partial charge on any atom is -0.355 e. The fourth-order valence-electron chi connectivity index (χ4n) is 2.02. The maximum Gasteiger partial charge on any atom is 0.224 e. The summed E-state index contributed by atoms with van der Waals surface area (Å²) in [5.41, 5.74) is 1.06. The lowest BCUT2D eigenvalue weighted by Gasteiger charge is -2.19. The second-order valence-corrected chi connectivity index (χ2v) is 5.74. The number of amides is 1. The van der Waals surface area contributed by atoms with Crippen LogP contribution in [0.4, 0.5) is 0 Å². The van der Waals surface area contributed by atoms with Gasteiger partial charge in [0, 0.05) is 11.4 Å². The number of halogens is 1. The van der Waals surface area contributed by atoms with Crippen LogP contribution in [0.5, 0.6) is 0 Å². The van der Waals surface area contributed by atoms with E-state index in [2.05, 4.69) is 35.1 Å². The van der Waals surface area contributed by atoms with Gasteiger partial charge >= 0.3 is 0 Å². The fourth-order valence-corrected chi connectivity index (χ4v) is 2.93. The molecule has 3 heteroatoms. The second kappa shape index (κ2) is 8.30. The molecule has 100 valence electrons. The Hall–Kier alpha value is -0.830. The lowest BCUT2D eigenvalue weighted by atomic mass is 9.99. The van der Waals surface area contributed by atoms with Crippen LogP contribution in [0, 0.1) is 5.92 Å². The molecule has 1 atom stereocenters. The first kappa shape index (κ1) is 15.2. The van der Waals surface area contributed by atoms with Gasteiger partial charge in [-0.1, -0.05) is 73.0 Å². The molecule has 0 saturated heterocycles. The van der Waals surface area contributed by atoms with Crippen LogP contribution >= 0.6 is 15.9 Å². The molecule has 0 fully saturated rings. The molecule has 2 nitrogen and oxygen atoms in total. The van der Waals surface area contributed by atoms with E-state index in [0.29, 0.717) is 23.7 Å². The highest BCUT2D eigenvalue weighted by Crippen LogP contribution is 2.19. The Morgan fingerprint density at radius 1 is 1.22 bits per heavy atom. The van der Waals surface area contributed by atoms with Crippen LogP contribution in [0.1, 0.15) is 32.3 Å². The molecule has 0 aromatic heterocycles. The van der Waals surface area contributed by atoms with Crippen molar-refractivity contribution in [1.29, 1.82) is 0 Å². The van der Waals surface area contributed by atoms with Crippen LogP contribution in [0.25, 0.3) is 0 Å². The summed E-state index contributed by atoms with van der Waals surface area (Å²) in [5.74, 6) is 0.721. The van der Waals surface area contributed by atoms with E-state index in [4.69, 9.17) is 0 Å². The quantitative estimate of drug-likeness (QED) is 0.767. The fraction of sp³-hybridized carbons (Fsp3) is 0.533. The van der Waals surface area contributed by atoms with Crippen LogP contribution in [0.15, 0.2) is 30.3 Å². The van der Waals surface area contributed by atoms with Gasteiger partial charge in [-0.2, -0.15) is 0 Å². The largest absolute Gasteiger partial charge is 0.355 e. The molecule has 1 rings (SSSR count). The van der Waals surface area contributed by atoms with E-state index >= 15 is 0 Å². The van der Waals surface area contributed by atoms with Crippen molar-refractivity contribution in [2.75, 3.05) is 6.54 Å². The molecule has 1 amide bonds. The number of nitrogens with one attached hydrogen (secondary N) is 1. The molecule has 0 spiro atoms. The molecule has 1 aromatic rings. The molecular weight excluding hydrogens is 290 g/mol. The van der Waals surface area contributed by atoms with Crippen molar-refractivity contribution in [2.24, 2.45) is 5.92 Å². The third-order valence-electron chi connectivity index (χ3n) is 3.26.